The van der Waals surface area contributed by atoms with Gasteiger partial charge in [0.1, 0.15) is 17.3 Å². The first-order chi connectivity index (χ1) is 19.9. The Morgan fingerprint density at radius 1 is 1.00 bits per heavy atom. The molecule has 228 valence electrons. The summed E-state index contributed by atoms with van der Waals surface area (Å²) in [6, 6.07) is 9.73. The molecule has 1 aliphatic rings. The second-order valence-electron chi connectivity index (χ2n) is 10.9. The van der Waals surface area contributed by atoms with Crippen LogP contribution in [-0.2, 0) is 23.8 Å². The number of aromatic nitrogens is 2. The fourth-order valence-corrected chi connectivity index (χ4v) is 4.32. The summed E-state index contributed by atoms with van der Waals surface area (Å²) in [6.45, 7) is 10.2. The molecule has 2 atom stereocenters. The normalized spacial score (nSPS) is 15.0. The number of piperazine rings is 1. The molecule has 0 radical (unpaired) electrons. The Morgan fingerprint density at radius 3 is 2.24 bits per heavy atom. The lowest BCUT2D eigenvalue weighted by atomic mass is 10.1. The van der Waals surface area contributed by atoms with E-state index in [1.165, 1.54) is 11.0 Å². The van der Waals surface area contributed by atoms with Crippen molar-refractivity contribution in [2.75, 3.05) is 39.9 Å². The van der Waals surface area contributed by atoms with Gasteiger partial charge in [0.15, 0.2) is 5.82 Å². The van der Waals surface area contributed by atoms with Gasteiger partial charge in [-0.2, -0.15) is 0 Å². The molecule has 12 heteroatoms. The van der Waals surface area contributed by atoms with Crippen LogP contribution in [0.25, 0.3) is 11.4 Å². The molecule has 1 N–H and O–H groups in total. The van der Waals surface area contributed by atoms with E-state index >= 15 is 0 Å². The average molecular weight is 584 g/mol. The van der Waals surface area contributed by atoms with Crippen molar-refractivity contribution in [3.63, 3.8) is 0 Å². The van der Waals surface area contributed by atoms with E-state index < -0.39 is 35.7 Å². The minimum atomic E-state index is -1.03. The molecule has 0 aliphatic carbocycles. The van der Waals surface area contributed by atoms with Crippen molar-refractivity contribution in [3.8, 4) is 11.4 Å². The number of hydrogen-bond acceptors (Lipinski definition) is 9. The van der Waals surface area contributed by atoms with E-state index in [4.69, 9.17) is 14.2 Å². The smallest absolute Gasteiger partial charge is 0.409 e. The number of hydrogen-bond donors (Lipinski definition) is 1. The van der Waals surface area contributed by atoms with Gasteiger partial charge in [-0.05, 0) is 47.1 Å². The van der Waals surface area contributed by atoms with Crippen molar-refractivity contribution in [1.82, 2.24) is 25.1 Å². The van der Waals surface area contributed by atoms with E-state index in [-0.39, 0.29) is 44.1 Å². The van der Waals surface area contributed by atoms with E-state index in [1.807, 2.05) is 37.3 Å². The van der Waals surface area contributed by atoms with Crippen LogP contribution in [0.3, 0.4) is 0 Å². The van der Waals surface area contributed by atoms with Crippen LogP contribution in [0.4, 0.5) is 4.79 Å². The quantitative estimate of drug-likeness (QED) is 0.417. The molecule has 1 fully saturated rings. The predicted molar refractivity (Wildman–Crippen MR) is 154 cm³/mol. The number of carbonyl (C=O) groups is 4. The predicted octanol–water partition coefficient (Wildman–Crippen LogP) is 3.37. The molecule has 1 aromatic heterocycles. The Balaban J connectivity index is 1.84. The molecule has 1 aliphatic heterocycles. The highest BCUT2D eigenvalue weighted by atomic mass is 16.6. The maximum Gasteiger partial charge on any atom is 0.409 e. The number of ether oxygens (including phenoxy) is 3. The number of benzene rings is 1. The van der Waals surface area contributed by atoms with Crippen molar-refractivity contribution < 1.29 is 33.4 Å². The largest absolute Gasteiger partial charge is 0.460 e. The maximum atomic E-state index is 13.6. The minimum absolute atomic E-state index is 0.0233. The molecule has 12 nitrogen and oxygen atoms in total. The lowest BCUT2D eigenvalue weighted by molar-refractivity contribution is -0.155. The van der Waals surface area contributed by atoms with Crippen LogP contribution in [0.5, 0.6) is 0 Å². The zero-order valence-electron chi connectivity index (χ0n) is 25.2. The first-order valence-electron chi connectivity index (χ1n) is 14.1. The van der Waals surface area contributed by atoms with Crippen LogP contribution in [-0.4, -0.2) is 95.2 Å². The van der Waals surface area contributed by atoms with Gasteiger partial charge in [0.05, 0.1) is 18.4 Å². The Morgan fingerprint density at radius 2 is 1.64 bits per heavy atom. The first kappa shape index (κ1) is 32.5. The minimum Gasteiger partial charge on any atom is -0.460 e. The molecule has 42 heavy (non-hydrogen) atoms. The zero-order chi connectivity index (χ0) is 30.9. The van der Waals surface area contributed by atoms with Gasteiger partial charge in [-0.15, -0.1) is 0 Å². The molecular formula is C30H41N5O7. The van der Waals surface area contributed by atoms with E-state index in [0.29, 0.717) is 30.2 Å². The van der Waals surface area contributed by atoms with Crippen LogP contribution in [0, 0.1) is 0 Å². The van der Waals surface area contributed by atoms with Gasteiger partial charge in [-0.25, -0.2) is 14.8 Å². The summed E-state index contributed by atoms with van der Waals surface area (Å²) in [6.07, 6.45) is -0.905. The van der Waals surface area contributed by atoms with E-state index in [0.717, 1.165) is 0 Å². The summed E-state index contributed by atoms with van der Waals surface area (Å²) in [5.41, 5.74) is 0.592. The fraction of sp³-hybridized carbons (Fsp3) is 0.533. The number of rotatable bonds is 10. The summed E-state index contributed by atoms with van der Waals surface area (Å²) < 4.78 is 15.9. The van der Waals surface area contributed by atoms with Gasteiger partial charge in [0.2, 0.25) is 5.91 Å². The molecule has 1 aromatic carbocycles. The molecule has 2 aromatic rings. The number of amides is 3. The molecule has 0 spiro atoms. The molecule has 1 saturated heterocycles. The van der Waals surface area contributed by atoms with Crippen LogP contribution in [0.15, 0.2) is 36.4 Å². The van der Waals surface area contributed by atoms with Gasteiger partial charge in [-0.3, -0.25) is 14.4 Å². The fourth-order valence-electron chi connectivity index (χ4n) is 4.32. The Bertz CT molecular complexity index is 1240. The highest BCUT2D eigenvalue weighted by molar-refractivity contribution is 5.96. The highest BCUT2D eigenvalue weighted by Gasteiger charge is 2.32. The Labute approximate surface area is 246 Å². The third-order valence-corrected chi connectivity index (χ3v) is 6.56. The van der Waals surface area contributed by atoms with Crippen LogP contribution >= 0.6 is 0 Å². The Hall–Kier alpha value is -4.06. The van der Waals surface area contributed by atoms with E-state index in [2.05, 4.69) is 15.3 Å². The third-order valence-electron chi connectivity index (χ3n) is 6.56. The summed E-state index contributed by atoms with van der Waals surface area (Å²) in [5, 5.41) is 2.79. The number of esters is 1. The second-order valence-corrected chi connectivity index (χ2v) is 10.9. The molecule has 0 bridgehead atoms. The number of carbonyl (C=O) groups excluding carboxylic acids is 4. The average Bonchev–Trinajstić information content (AvgIpc) is 2.97. The van der Waals surface area contributed by atoms with Crippen LogP contribution < -0.4 is 5.32 Å². The summed E-state index contributed by atoms with van der Waals surface area (Å²) in [7, 11) is 1.54. The van der Waals surface area contributed by atoms with Gasteiger partial charge in [-0.1, -0.05) is 30.3 Å². The number of nitrogens with one attached hydrogen (secondary N) is 1. The molecule has 2 heterocycles. The molecule has 1 unspecified atom stereocenters. The van der Waals surface area contributed by atoms with Crippen molar-refractivity contribution >= 4 is 23.9 Å². The molecular weight excluding hydrogens is 542 g/mol. The topological polar surface area (TPSA) is 140 Å². The summed E-state index contributed by atoms with van der Waals surface area (Å²) >= 11 is 0. The number of nitrogens with zero attached hydrogens (tertiary/aromatic N) is 4. The number of methoxy groups -OCH3 is 1. The van der Waals surface area contributed by atoms with Crippen LogP contribution in [0.1, 0.15) is 69.7 Å². The zero-order valence-corrected chi connectivity index (χ0v) is 25.2. The lowest BCUT2D eigenvalue weighted by Gasteiger charge is -2.36. The van der Waals surface area contributed by atoms with Gasteiger partial charge in [0.25, 0.3) is 5.91 Å². The van der Waals surface area contributed by atoms with E-state index in [1.54, 1.807) is 39.7 Å². The molecule has 0 saturated carbocycles. The SMILES string of the molecule is CCOC(=O)N1CCN(C(=O)[C@H](CCC(=O)OC(C)(C)C)NC(=O)c2cc(C(C)OC)nc(-c3ccccc3)n2)CC1. The van der Waals surface area contributed by atoms with E-state index in [9.17, 15) is 19.2 Å². The van der Waals surface area contributed by atoms with Gasteiger partial charge >= 0.3 is 12.1 Å². The first-order valence-corrected chi connectivity index (χ1v) is 14.1. The van der Waals surface area contributed by atoms with Crippen LogP contribution in [0.2, 0.25) is 0 Å². The van der Waals surface area contributed by atoms with Crippen molar-refractivity contribution in [2.45, 2.75) is 65.2 Å². The second kappa shape index (κ2) is 14.7. The van der Waals surface area contributed by atoms with Gasteiger partial charge < -0.3 is 29.3 Å². The Kier molecular flexibility index (Phi) is 11.4. The van der Waals surface area contributed by atoms with Gasteiger partial charge in [0, 0.05) is 45.3 Å². The monoisotopic (exact) mass is 583 g/mol. The lowest BCUT2D eigenvalue weighted by Crippen LogP contribution is -2.56. The standard InChI is InChI=1S/C30H41N5O7/c1-7-41-29(39)35-17-15-34(16-18-35)28(38)22(13-14-25(36)42-30(3,4)5)33-27(37)24-19-23(20(2)40-6)31-26(32-24)21-11-9-8-10-12-21/h8-12,19-20,22H,7,13-18H2,1-6H3,(H,33,37)/t20?,22-/m0/s1. The van der Waals surface area contributed by atoms with Crippen molar-refractivity contribution in [2.24, 2.45) is 0 Å². The maximum absolute atomic E-state index is 13.6. The molecule has 3 amide bonds. The summed E-state index contributed by atoms with van der Waals surface area (Å²) in [5.74, 6) is -1.09. The molecule has 3 rings (SSSR count). The summed E-state index contributed by atoms with van der Waals surface area (Å²) in [4.78, 5) is 64.0. The highest BCUT2D eigenvalue weighted by Crippen LogP contribution is 2.21. The van der Waals surface area contributed by atoms with Crippen molar-refractivity contribution in [1.29, 1.82) is 0 Å². The van der Waals surface area contributed by atoms with Crippen molar-refractivity contribution in [3.05, 3.63) is 47.8 Å². The third kappa shape index (κ3) is 9.23.